The number of aromatic nitrogens is 1. The Kier molecular flexibility index (Phi) is 3.85. The molecule has 1 aromatic heterocycles. The van der Waals surface area contributed by atoms with Crippen molar-refractivity contribution in [1.82, 2.24) is 4.98 Å². The van der Waals surface area contributed by atoms with Crippen LogP contribution < -0.4 is 5.32 Å². The minimum Gasteiger partial charge on any atom is -0.368 e. The van der Waals surface area contributed by atoms with Crippen LogP contribution in [-0.4, -0.2) is 16.9 Å². The van der Waals surface area contributed by atoms with Crippen LogP contribution in [0.3, 0.4) is 0 Å². The Morgan fingerprint density at radius 3 is 2.88 bits per heavy atom. The van der Waals surface area contributed by atoms with Gasteiger partial charge in [0.2, 0.25) is 0 Å². The monoisotopic (exact) mass is 248 g/mol. The molecule has 1 aromatic carbocycles. The molecular formula is C14H17ClN2. The first-order valence-corrected chi connectivity index (χ1v) is 6.38. The van der Waals surface area contributed by atoms with E-state index in [-0.39, 0.29) is 5.38 Å². The second-order valence-corrected chi connectivity index (χ2v) is 4.85. The van der Waals surface area contributed by atoms with Crippen LogP contribution in [0.1, 0.15) is 18.9 Å². The highest BCUT2D eigenvalue weighted by Gasteiger charge is 2.05. The van der Waals surface area contributed by atoms with Gasteiger partial charge in [0.15, 0.2) is 0 Å². The third-order valence-electron chi connectivity index (χ3n) is 2.85. The number of nitrogens with zero attached hydrogens (tertiary/aromatic N) is 1. The van der Waals surface area contributed by atoms with Gasteiger partial charge in [-0.15, -0.1) is 11.6 Å². The van der Waals surface area contributed by atoms with Gasteiger partial charge >= 0.3 is 0 Å². The van der Waals surface area contributed by atoms with Gasteiger partial charge in [-0.25, -0.2) is 4.98 Å². The molecule has 1 N–H and O–H groups in total. The van der Waals surface area contributed by atoms with Crippen LogP contribution in [0.15, 0.2) is 30.3 Å². The van der Waals surface area contributed by atoms with Crippen molar-refractivity contribution in [3.05, 3.63) is 35.9 Å². The Morgan fingerprint density at radius 2 is 2.12 bits per heavy atom. The first-order valence-electron chi connectivity index (χ1n) is 5.95. The summed E-state index contributed by atoms with van der Waals surface area (Å²) in [4.78, 5) is 4.61. The molecule has 2 rings (SSSR count). The highest BCUT2D eigenvalue weighted by Crippen LogP contribution is 2.19. The van der Waals surface area contributed by atoms with Gasteiger partial charge in [0, 0.05) is 11.9 Å². The largest absolute Gasteiger partial charge is 0.368 e. The Hall–Kier alpha value is -1.28. The summed E-state index contributed by atoms with van der Waals surface area (Å²) in [5.41, 5.74) is 2.17. The van der Waals surface area contributed by atoms with E-state index in [1.165, 1.54) is 5.39 Å². The zero-order valence-electron chi connectivity index (χ0n) is 10.2. The van der Waals surface area contributed by atoms with Crippen molar-refractivity contribution >= 4 is 28.3 Å². The van der Waals surface area contributed by atoms with Crippen molar-refractivity contribution in [3.8, 4) is 0 Å². The summed E-state index contributed by atoms with van der Waals surface area (Å²) in [6, 6.07) is 10.3. The molecule has 90 valence electrons. The van der Waals surface area contributed by atoms with E-state index in [1.54, 1.807) is 0 Å². The second kappa shape index (κ2) is 5.37. The molecule has 1 unspecified atom stereocenters. The lowest BCUT2D eigenvalue weighted by molar-refractivity contribution is 0.840. The van der Waals surface area contributed by atoms with Crippen LogP contribution in [0.4, 0.5) is 5.82 Å². The number of hydrogen-bond donors (Lipinski definition) is 1. The molecule has 0 fully saturated rings. The average molecular weight is 249 g/mol. The van der Waals surface area contributed by atoms with Crippen molar-refractivity contribution in [1.29, 1.82) is 0 Å². The van der Waals surface area contributed by atoms with Crippen molar-refractivity contribution < 1.29 is 0 Å². The topological polar surface area (TPSA) is 24.9 Å². The molecule has 0 saturated heterocycles. The van der Waals surface area contributed by atoms with E-state index in [0.29, 0.717) is 0 Å². The molecule has 0 amide bonds. The minimum atomic E-state index is 0.155. The molecule has 3 heteroatoms. The van der Waals surface area contributed by atoms with Gasteiger partial charge in [-0.3, -0.25) is 0 Å². The van der Waals surface area contributed by atoms with Crippen LogP contribution in [0.25, 0.3) is 10.9 Å². The molecule has 17 heavy (non-hydrogen) atoms. The molecule has 2 aromatic rings. The van der Waals surface area contributed by atoms with Gasteiger partial charge in [0.05, 0.1) is 10.9 Å². The van der Waals surface area contributed by atoms with Gasteiger partial charge in [-0.1, -0.05) is 25.1 Å². The van der Waals surface area contributed by atoms with Crippen LogP contribution >= 0.6 is 11.6 Å². The summed E-state index contributed by atoms with van der Waals surface area (Å²) in [5, 5.41) is 4.64. The number of hydrogen-bond acceptors (Lipinski definition) is 2. The SMILES string of the molecule is CCC(Cl)CNc1nc2ccccc2cc1C. The maximum absolute atomic E-state index is 6.10. The summed E-state index contributed by atoms with van der Waals surface area (Å²) in [7, 11) is 0. The molecule has 0 aliphatic carbocycles. The fourth-order valence-corrected chi connectivity index (χ4v) is 1.83. The van der Waals surface area contributed by atoms with E-state index >= 15 is 0 Å². The highest BCUT2D eigenvalue weighted by molar-refractivity contribution is 6.20. The van der Waals surface area contributed by atoms with E-state index in [9.17, 15) is 0 Å². The number of para-hydroxylation sites is 1. The van der Waals surface area contributed by atoms with Gasteiger partial charge in [-0.05, 0) is 31.0 Å². The summed E-state index contributed by atoms with van der Waals surface area (Å²) in [5.74, 6) is 0.933. The van der Waals surface area contributed by atoms with Crippen LogP contribution in [0.5, 0.6) is 0 Å². The van der Waals surface area contributed by atoms with E-state index in [0.717, 1.165) is 29.9 Å². The first kappa shape index (κ1) is 12.2. The number of anilines is 1. The van der Waals surface area contributed by atoms with E-state index in [1.807, 2.05) is 18.2 Å². The fourth-order valence-electron chi connectivity index (χ4n) is 1.75. The van der Waals surface area contributed by atoms with Gasteiger partial charge < -0.3 is 5.32 Å². The third kappa shape index (κ3) is 2.89. The fraction of sp³-hybridized carbons (Fsp3) is 0.357. The number of nitrogens with one attached hydrogen (secondary N) is 1. The van der Waals surface area contributed by atoms with Crippen LogP contribution in [-0.2, 0) is 0 Å². The van der Waals surface area contributed by atoms with E-state index in [4.69, 9.17) is 11.6 Å². The lowest BCUT2D eigenvalue weighted by atomic mass is 10.1. The zero-order chi connectivity index (χ0) is 12.3. The second-order valence-electron chi connectivity index (χ2n) is 4.23. The van der Waals surface area contributed by atoms with Gasteiger partial charge in [0.1, 0.15) is 5.82 Å². The number of aryl methyl sites for hydroxylation is 1. The summed E-state index contributed by atoms with van der Waals surface area (Å²) < 4.78 is 0. The predicted molar refractivity (Wildman–Crippen MR) is 74.9 cm³/mol. The van der Waals surface area contributed by atoms with Crippen molar-refractivity contribution in [3.63, 3.8) is 0 Å². The molecule has 2 nitrogen and oxygen atoms in total. The zero-order valence-corrected chi connectivity index (χ0v) is 11.0. The Labute approximate surface area is 107 Å². The van der Waals surface area contributed by atoms with Gasteiger partial charge in [-0.2, -0.15) is 0 Å². The summed E-state index contributed by atoms with van der Waals surface area (Å²) in [6.45, 7) is 4.90. The number of rotatable bonds is 4. The number of halogens is 1. The number of pyridine rings is 1. The van der Waals surface area contributed by atoms with Gasteiger partial charge in [0.25, 0.3) is 0 Å². The Morgan fingerprint density at radius 1 is 1.35 bits per heavy atom. The molecule has 0 bridgehead atoms. The predicted octanol–water partition coefficient (Wildman–Crippen LogP) is 3.97. The molecule has 0 radical (unpaired) electrons. The van der Waals surface area contributed by atoms with Crippen molar-refractivity contribution in [2.24, 2.45) is 0 Å². The Bertz CT molecular complexity index is 511. The normalized spacial score (nSPS) is 12.6. The number of benzene rings is 1. The first-order chi connectivity index (χ1) is 8.20. The maximum atomic E-state index is 6.10. The summed E-state index contributed by atoms with van der Waals surface area (Å²) >= 11 is 6.10. The number of alkyl halides is 1. The van der Waals surface area contributed by atoms with E-state index in [2.05, 4.69) is 36.3 Å². The van der Waals surface area contributed by atoms with E-state index < -0.39 is 0 Å². The van der Waals surface area contributed by atoms with Crippen molar-refractivity contribution in [2.45, 2.75) is 25.6 Å². The highest BCUT2D eigenvalue weighted by atomic mass is 35.5. The molecule has 0 saturated carbocycles. The average Bonchev–Trinajstić information content (AvgIpc) is 2.35. The standard InChI is InChI=1S/C14H17ClN2/c1-3-12(15)9-16-14-10(2)8-11-6-4-5-7-13(11)17-14/h4-8,12H,3,9H2,1-2H3,(H,16,17). The van der Waals surface area contributed by atoms with Crippen LogP contribution in [0.2, 0.25) is 0 Å². The lowest BCUT2D eigenvalue weighted by Crippen LogP contribution is -2.14. The lowest BCUT2D eigenvalue weighted by Gasteiger charge is -2.12. The molecule has 1 heterocycles. The molecule has 0 aliphatic heterocycles. The maximum Gasteiger partial charge on any atom is 0.129 e. The van der Waals surface area contributed by atoms with Crippen molar-refractivity contribution in [2.75, 3.05) is 11.9 Å². The molecule has 1 atom stereocenters. The third-order valence-corrected chi connectivity index (χ3v) is 3.31. The molecular weight excluding hydrogens is 232 g/mol. The smallest absolute Gasteiger partial charge is 0.129 e. The Balaban J connectivity index is 2.25. The quantitative estimate of drug-likeness (QED) is 0.828. The minimum absolute atomic E-state index is 0.155. The molecule has 0 aliphatic rings. The molecule has 0 spiro atoms. The van der Waals surface area contributed by atoms with Crippen LogP contribution in [0, 0.1) is 6.92 Å². The summed E-state index contributed by atoms with van der Waals surface area (Å²) in [6.07, 6.45) is 0.960. The number of fused-ring (bicyclic) bond motifs is 1.